The zero-order valence-electron chi connectivity index (χ0n) is 15.2. The summed E-state index contributed by atoms with van der Waals surface area (Å²) in [5.74, 6) is 0.0800. The Bertz CT molecular complexity index is 959. The molecule has 0 unspecified atom stereocenters. The quantitative estimate of drug-likeness (QED) is 0.682. The second kappa shape index (κ2) is 7.66. The van der Waals surface area contributed by atoms with Crippen molar-refractivity contribution in [3.05, 3.63) is 66.4 Å². The zero-order valence-corrected chi connectivity index (χ0v) is 15.2. The first-order chi connectivity index (χ1) is 13.2. The Kier molecular flexibility index (Phi) is 4.92. The third-order valence-corrected chi connectivity index (χ3v) is 5.06. The van der Waals surface area contributed by atoms with E-state index in [1.54, 1.807) is 17.0 Å². The van der Waals surface area contributed by atoms with E-state index in [1.807, 2.05) is 24.3 Å². The van der Waals surface area contributed by atoms with Crippen LogP contribution >= 0.6 is 0 Å². The normalized spacial score (nSPS) is 14.1. The van der Waals surface area contributed by atoms with Crippen LogP contribution in [0.15, 0.2) is 60.8 Å². The zero-order chi connectivity index (χ0) is 18.6. The summed E-state index contributed by atoms with van der Waals surface area (Å²) in [5.41, 5.74) is 2.71. The molecule has 0 saturated carbocycles. The van der Waals surface area contributed by atoms with Crippen molar-refractivity contribution in [2.45, 2.75) is 25.8 Å². The first-order valence-electron chi connectivity index (χ1n) is 9.45. The molecule has 2 aromatic carbocycles. The van der Waals surface area contributed by atoms with Gasteiger partial charge in [-0.05, 0) is 54.6 Å². The number of carbonyl (C=O) groups is 2. The molecule has 1 aromatic heterocycles. The number of aromatic nitrogens is 1. The average Bonchev–Trinajstić information content (AvgIpc) is 3.31. The average molecular weight is 361 g/mol. The van der Waals surface area contributed by atoms with Gasteiger partial charge in [0, 0.05) is 49.0 Å². The lowest BCUT2D eigenvalue weighted by Crippen LogP contribution is -2.26. The van der Waals surface area contributed by atoms with Gasteiger partial charge in [0.1, 0.15) is 0 Å². The Morgan fingerprint density at radius 2 is 1.85 bits per heavy atom. The van der Waals surface area contributed by atoms with Crippen LogP contribution in [0.4, 0.5) is 5.69 Å². The molecule has 4 rings (SSSR count). The minimum atomic E-state index is -0.0772. The molecule has 2 amide bonds. The van der Waals surface area contributed by atoms with Gasteiger partial charge in [-0.15, -0.1) is 0 Å². The molecule has 3 aromatic rings. The van der Waals surface area contributed by atoms with Crippen LogP contribution in [-0.2, 0) is 11.3 Å². The van der Waals surface area contributed by atoms with Crippen molar-refractivity contribution in [1.29, 1.82) is 0 Å². The number of fused-ring (bicyclic) bond motifs is 1. The fourth-order valence-electron chi connectivity index (χ4n) is 3.60. The number of hydrogen-bond acceptors (Lipinski definition) is 2. The highest BCUT2D eigenvalue weighted by molar-refractivity contribution is 5.97. The molecule has 1 saturated heterocycles. The largest absolute Gasteiger partial charge is 0.352 e. The van der Waals surface area contributed by atoms with E-state index in [4.69, 9.17) is 0 Å². The number of rotatable bonds is 6. The summed E-state index contributed by atoms with van der Waals surface area (Å²) in [4.78, 5) is 25.9. The topological polar surface area (TPSA) is 54.3 Å². The van der Waals surface area contributed by atoms with Gasteiger partial charge in [-0.2, -0.15) is 0 Å². The summed E-state index contributed by atoms with van der Waals surface area (Å²) in [5, 5.41) is 4.21. The van der Waals surface area contributed by atoms with Crippen LogP contribution in [0.25, 0.3) is 10.9 Å². The summed E-state index contributed by atoms with van der Waals surface area (Å²) >= 11 is 0. The maximum atomic E-state index is 12.3. The van der Waals surface area contributed by atoms with Crippen molar-refractivity contribution in [2.75, 3.05) is 18.0 Å². The van der Waals surface area contributed by atoms with Gasteiger partial charge in [-0.1, -0.05) is 18.2 Å². The van der Waals surface area contributed by atoms with Crippen molar-refractivity contribution in [1.82, 2.24) is 9.88 Å². The number of anilines is 1. The molecule has 0 spiro atoms. The number of hydrogen-bond donors (Lipinski definition) is 1. The minimum Gasteiger partial charge on any atom is -0.352 e. The number of carbonyl (C=O) groups excluding carboxylic acids is 2. The van der Waals surface area contributed by atoms with Crippen LogP contribution in [0, 0.1) is 0 Å². The highest BCUT2D eigenvalue weighted by Gasteiger charge is 2.21. The van der Waals surface area contributed by atoms with E-state index < -0.39 is 0 Å². The molecule has 0 radical (unpaired) electrons. The highest BCUT2D eigenvalue weighted by atomic mass is 16.2. The van der Waals surface area contributed by atoms with Crippen LogP contribution in [-0.4, -0.2) is 29.5 Å². The van der Waals surface area contributed by atoms with Crippen molar-refractivity contribution in [2.24, 2.45) is 0 Å². The maximum Gasteiger partial charge on any atom is 0.251 e. The first-order valence-corrected chi connectivity index (χ1v) is 9.45. The molecule has 5 heteroatoms. The highest BCUT2D eigenvalue weighted by Crippen LogP contribution is 2.21. The molecule has 138 valence electrons. The number of nitrogens with zero attached hydrogens (tertiary/aromatic N) is 2. The predicted octanol–water partition coefficient (Wildman–Crippen LogP) is 3.59. The lowest BCUT2D eigenvalue weighted by Gasteiger charge is -2.15. The number of para-hydroxylation sites is 1. The van der Waals surface area contributed by atoms with Gasteiger partial charge in [0.05, 0.1) is 0 Å². The lowest BCUT2D eigenvalue weighted by atomic mass is 10.2. The molecule has 1 fully saturated rings. The Morgan fingerprint density at radius 3 is 2.63 bits per heavy atom. The third-order valence-electron chi connectivity index (χ3n) is 5.06. The summed E-state index contributed by atoms with van der Waals surface area (Å²) in [6, 6.07) is 17.7. The molecule has 1 aliphatic rings. The van der Waals surface area contributed by atoms with Gasteiger partial charge in [-0.25, -0.2) is 0 Å². The summed E-state index contributed by atoms with van der Waals surface area (Å²) in [7, 11) is 0. The predicted molar refractivity (Wildman–Crippen MR) is 107 cm³/mol. The number of nitrogens with one attached hydrogen (secondary N) is 1. The van der Waals surface area contributed by atoms with E-state index in [0.717, 1.165) is 31.6 Å². The molecule has 0 atom stereocenters. The molecule has 0 bridgehead atoms. The second-order valence-electron chi connectivity index (χ2n) is 6.87. The summed E-state index contributed by atoms with van der Waals surface area (Å²) < 4.78 is 2.21. The van der Waals surface area contributed by atoms with E-state index in [1.165, 1.54) is 10.9 Å². The Labute approximate surface area is 158 Å². The van der Waals surface area contributed by atoms with E-state index in [9.17, 15) is 9.59 Å². The maximum absolute atomic E-state index is 12.3. The molecule has 1 aliphatic heterocycles. The molecular formula is C22H23N3O2. The van der Waals surface area contributed by atoms with Gasteiger partial charge < -0.3 is 14.8 Å². The fourth-order valence-corrected chi connectivity index (χ4v) is 3.60. The smallest absolute Gasteiger partial charge is 0.251 e. The van der Waals surface area contributed by atoms with E-state index in [0.29, 0.717) is 18.5 Å². The summed E-state index contributed by atoms with van der Waals surface area (Å²) in [6.45, 7) is 2.25. The van der Waals surface area contributed by atoms with E-state index in [-0.39, 0.29) is 11.8 Å². The summed E-state index contributed by atoms with van der Waals surface area (Å²) in [6.07, 6.45) is 4.46. The van der Waals surface area contributed by atoms with E-state index >= 15 is 0 Å². The third kappa shape index (κ3) is 3.72. The van der Waals surface area contributed by atoms with Crippen molar-refractivity contribution in [3.8, 4) is 0 Å². The molecule has 5 nitrogen and oxygen atoms in total. The van der Waals surface area contributed by atoms with Crippen LogP contribution in [0.2, 0.25) is 0 Å². The molecular weight excluding hydrogens is 338 g/mol. The molecule has 27 heavy (non-hydrogen) atoms. The van der Waals surface area contributed by atoms with Crippen LogP contribution < -0.4 is 10.2 Å². The van der Waals surface area contributed by atoms with Gasteiger partial charge in [0.2, 0.25) is 5.91 Å². The van der Waals surface area contributed by atoms with Crippen molar-refractivity contribution in [3.63, 3.8) is 0 Å². The number of aryl methyl sites for hydroxylation is 1. The van der Waals surface area contributed by atoms with Gasteiger partial charge >= 0.3 is 0 Å². The lowest BCUT2D eigenvalue weighted by molar-refractivity contribution is -0.117. The Morgan fingerprint density at radius 1 is 1.04 bits per heavy atom. The van der Waals surface area contributed by atoms with Crippen molar-refractivity contribution < 1.29 is 9.59 Å². The standard InChI is InChI=1S/C22H23N3O2/c26-21-7-3-15-25(21)19-10-8-18(9-11-19)22(27)23-13-4-14-24-16-12-17-5-1-2-6-20(17)24/h1-2,5-6,8-12,16H,3-4,7,13-15H2,(H,23,27). The fraction of sp³-hybridized carbons (Fsp3) is 0.273. The second-order valence-corrected chi connectivity index (χ2v) is 6.87. The van der Waals surface area contributed by atoms with Gasteiger partial charge in [0.25, 0.3) is 5.91 Å². The monoisotopic (exact) mass is 361 g/mol. The van der Waals surface area contributed by atoms with Gasteiger partial charge in [0.15, 0.2) is 0 Å². The number of amides is 2. The first kappa shape index (κ1) is 17.3. The van der Waals surface area contributed by atoms with Gasteiger partial charge in [-0.3, -0.25) is 9.59 Å². The van der Waals surface area contributed by atoms with Crippen LogP contribution in [0.5, 0.6) is 0 Å². The van der Waals surface area contributed by atoms with E-state index in [2.05, 4.69) is 34.3 Å². The molecule has 0 aliphatic carbocycles. The van der Waals surface area contributed by atoms with Crippen LogP contribution in [0.3, 0.4) is 0 Å². The SMILES string of the molecule is O=C(NCCCn1ccc2ccccc21)c1ccc(N2CCCC2=O)cc1. The Balaban J connectivity index is 1.28. The minimum absolute atomic E-state index is 0.0772. The number of benzene rings is 2. The Hall–Kier alpha value is -3.08. The van der Waals surface area contributed by atoms with Crippen LogP contribution in [0.1, 0.15) is 29.6 Å². The van der Waals surface area contributed by atoms with Crippen molar-refractivity contribution >= 4 is 28.4 Å². The molecule has 1 N–H and O–H groups in total. The molecule has 2 heterocycles.